The van der Waals surface area contributed by atoms with Crippen LogP contribution in [-0.4, -0.2) is 27.2 Å². The summed E-state index contributed by atoms with van der Waals surface area (Å²) in [6.07, 6.45) is 3.84. The van der Waals surface area contributed by atoms with Gasteiger partial charge in [-0.1, -0.05) is 12.2 Å². The molecule has 2 N–H and O–H groups in total. The highest BCUT2D eigenvalue weighted by Gasteiger charge is 2.62. The highest BCUT2D eigenvalue weighted by molar-refractivity contribution is 5.94. The third-order valence-electron chi connectivity index (χ3n) is 4.79. The summed E-state index contributed by atoms with van der Waals surface area (Å²) >= 11 is 0. The number of aliphatic hydroxyl groups is 2. The van der Waals surface area contributed by atoms with Crippen molar-refractivity contribution in [3.05, 3.63) is 23.3 Å². The summed E-state index contributed by atoms with van der Waals surface area (Å²) < 4.78 is 0. The number of ketones is 1. The molecule has 5 aliphatic carbocycles. The average molecular weight is 248 g/mol. The molecular formula is C15H20O3. The highest BCUT2D eigenvalue weighted by Crippen LogP contribution is 2.63. The van der Waals surface area contributed by atoms with Gasteiger partial charge >= 0.3 is 0 Å². The maximum atomic E-state index is 11.6. The molecule has 3 unspecified atom stereocenters. The van der Waals surface area contributed by atoms with Crippen molar-refractivity contribution in [3.63, 3.8) is 0 Å². The Bertz CT molecular complexity index is 476. The predicted octanol–water partition coefficient (Wildman–Crippen LogP) is 1.89. The Kier molecular flexibility index (Phi) is 2.39. The van der Waals surface area contributed by atoms with E-state index in [2.05, 4.69) is 6.58 Å². The fraction of sp³-hybridized carbons (Fsp3) is 0.667. The quantitative estimate of drug-likeness (QED) is 0.590. The lowest BCUT2D eigenvalue weighted by molar-refractivity contribution is -0.158. The van der Waals surface area contributed by atoms with Crippen molar-refractivity contribution in [3.8, 4) is 0 Å². The third-order valence-corrected chi connectivity index (χ3v) is 4.79. The van der Waals surface area contributed by atoms with Gasteiger partial charge in [-0.2, -0.15) is 0 Å². The SMILES string of the molecule is C=C(C)C(=O)CCC1=C2C3CC(O)(C1)CC2(O)C3. The van der Waals surface area contributed by atoms with Gasteiger partial charge in [-0.3, -0.25) is 4.79 Å². The van der Waals surface area contributed by atoms with E-state index >= 15 is 0 Å². The van der Waals surface area contributed by atoms with E-state index in [9.17, 15) is 15.0 Å². The second-order valence-corrected chi connectivity index (χ2v) is 6.44. The number of rotatable bonds is 4. The molecule has 0 radical (unpaired) electrons. The number of Topliss-reactive ketones (excluding diaryl/α,β-unsaturated/α-hetero) is 1. The van der Waals surface area contributed by atoms with Crippen LogP contribution in [0.2, 0.25) is 0 Å². The minimum atomic E-state index is -0.752. The smallest absolute Gasteiger partial charge is 0.158 e. The Hall–Kier alpha value is -0.930. The van der Waals surface area contributed by atoms with E-state index in [0.717, 1.165) is 24.0 Å². The van der Waals surface area contributed by atoms with Crippen LogP contribution in [0.1, 0.15) is 45.4 Å². The molecule has 98 valence electrons. The summed E-state index contributed by atoms with van der Waals surface area (Å²) in [5, 5.41) is 20.9. The topological polar surface area (TPSA) is 57.5 Å². The molecule has 3 nitrogen and oxygen atoms in total. The van der Waals surface area contributed by atoms with Crippen LogP contribution in [0.4, 0.5) is 0 Å². The van der Waals surface area contributed by atoms with Gasteiger partial charge in [0.15, 0.2) is 5.78 Å². The van der Waals surface area contributed by atoms with Crippen LogP contribution in [-0.2, 0) is 4.79 Å². The van der Waals surface area contributed by atoms with E-state index in [1.165, 1.54) is 0 Å². The summed E-state index contributed by atoms with van der Waals surface area (Å²) in [6, 6.07) is 0. The summed E-state index contributed by atoms with van der Waals surface area (Å²) in [5.74, 6) is 0.439. The van der Waals surface area contributed by atoms with Crippen LogP contribution in [0.3, 0.4) is 0 Å². The van der Waals surface area contributed by atoms with E-state index in [0.29, 0.717) is 37.2 Å². The second kappa shape index (κ2) is 3.55. The molecule has 5 rings (SSSR count). The molecule has 0 aromatic rings. The zero-order chi connectivity index (χ0) is 13.1. The molecule has 0 saturated heterocycles. The first-order valence-corrected chi connectivity index (χ1v) is 6.69. The summed E-state index contributed by atoms with van der Waals surface area (Å²) in [6.45, 7) is 5.38. The van der Waals surface area contributed by atoms with Crippen molar-refractivity contribution in [2.75, 3.05) is 0 Å². The first-order valence-electron chi connectivity index (χ1n) is 6.69. The molecule has 0 aromatic heterocycles. The second-order valence-electron chi connectivity index (χ2n) is 6.44. The van der Waals surface area contributed by atoms with Crippen molar-refractivity contribution in [1.29, 1.82) is 0 Å². The molecule has 4 bridgehead atoms. The molecule has 3 saturated carbocycles. The monoisotopic (exact) mass is 248 g/mol. The zero-order valence-corrected chi connectivity index (χ0v) is 10.8. The van der Waals surface area contributed by atoms with Crippen LogP contribution in [0.25, 0.3) is 0 Å². The molecule has 3 atom stereocenters. The number of hydrogen-bond acceptors (Lipinski definition) is 3. The van der Waals surface area contributed by atoms with Crippen LogP contribution in [0.5, 0.6) is 0 Å². The lowest BCUT2D eigenvalue weighted by Crippen LogP contribution is -2.63. The van der Waals surface area contributed by atoms with Crippen molar-refractivity contribution in [2.45, 2.75) is 56.7 Å². The standard InChI is InChI=1S/C15H20O3/c1-9(2)12(16)4-3-10-5-14(17)6-11-7-15(18,8-14)13(10)11/h11,17-18H,1,3-8H2,2H3. The summed E-state index contributed by atoms with van der Waals surface area (Å²) in [7, 11) is 0. The first kappa shape index (κ1) is 12.1. The molecule has 18 heavy (non-hydrogen) atoms. The van der Waals surface area contributed by atoms with Gasteiger partial charge in [-0.25, -0.2) is 0 Å². The van der Waals surface area contributed by atoms with Gasteiger partial charge < -0.3 is 10.2 Å². The lowest BCUT2D eigenvalue weighted by atomic mass is 9.47. The van der Waals surface area contributed by atoms with Crippen LogP contribution in [0.15, 0.2) is 23.3 Å². The normalized spacial score (nSPS) is 40.7. The first-order chi connectivity index (χ1) is 8.33. The number of carbonyl (C=O) groups is 1. The largest absolute Gasteiger partial charge is 0.389 e. The Morgan fingerprint density at radius 2 is 2.17 bits per heavy atom. The van der Waals surface area contributed by atoms with Crippen molar-refractivity contribution >= 4 is 5.78 Å². The van der Waals surface area contributed by atoms with Gasteiger partial charge in [-0.05, 0) is 49.7 Å². The van der Waals surface area contributed by atoms with Gasteiger partial charge in [-0.15, -0.1) is 0 Å². The Labute approximate surface area is 107 Å². The molecule has 0 amide bonds. The maximum absolute atomic E-state index is 11.6. The van der Waals surface area contributed by atoms with Gasteiger partial charge in [0.2, 0.25) is 0 Å². The van der Waals surface area contributed by atoms with E-state index in [4.69, 9.17) is 0 Å². The Balaban J connectivity index is 1.79. The average Bonchev–Trinajstić information content (AvgIpc) is 2.22. The number of carbonyl (C=O) groups excluding carboxylic acids is 1. The van der Waals surface area contributed by atoms with Crippen LogP contribution >= 0.6 is 0 Å². The van der Waals surface area contributed by atoms with Gasteiger partial charge in [0, 0.05) is 12.8 Å². The highest BCUT2D eigenvalue weighted by atomic mass is 16.3. The fourth-order valence-corrected chi connectivity index (χ4v) is 4.23. The van der Waals surface area contributed by atoms with Gasteiger partial charge in [0.1, 0.15) is 0 Å². The van der Waals surface area contributed by atoms with E-state index < -0.39 is 11.2 Å². The zero-order valence-electron chi connectivity index (χ0n) is 10.8. The molecule has 0 aromatic carbocycles. The van der Waals surface area contributed by atoms with Crippen LogP contribution in [0, 0.1) is 5.92 Å². The molecular weight excluding hydrogens is 228 g/mol. The number of allylic oxidation sites excluding steroid dienone is 1. The maximum Gasteiger partial charge on any atom is 0.158 e. The number of hydrogen-bond donors (Lipinski definition) is 2. The third kappa shape index (κ3) is 1.61. The van der Waals surface area contributed by atoms with E-state index in [-0.39, 0.29) is 5.78 Å². The minimum absolute atomic E-state index is 0.0807. The van der Waals surface area contributed by atoms with Gasteiger partial charge in [0.25, 0.3) is 0 Å². The fourth-order valence-electron chi connectivity index (χ4n) is 4.23. The number of fused-ring (bicyclic) bond motifs is 1. The molecule has 0 heterocycles. The Morgan fingerprint density at radius 1 is 1.44 bits per heavy atom. The Morgan fingerprint density at radius 3 is 2.72 bits per heavy atom. The molecule has 0 spiro atoms. The molecule has 3 heteroatoms. The van der Waals surface area contributed by atoms with Gasteiger partial charge in [0.05, 0.1) is 11.2 Å². The predicted molar refractivity (Wildman–Crippen MR) is 67.9 cm³/mol. The van der Waals surface area contributed by atoms with Crippen molar-refractivity contribution in [1.82, 2.24) is 0 Å². The molecule has 3 fully saturated rings. The summed E-state index contributed by atoms with van der Waals surface area (Å²) in [4.78, 5) is 11.6. The molecule has 0 aliphatic heterocycles. The van der Waals surface area contributed by atoms with Crippen LogP contribution < -0.4 is 0 Å². The lowest BCUT2D eigenvalue weighted by Gasteiger charge is -2.62. The van der Waals surface area contributed by atoms with Crippen molar-refractivity contribution in [2.24, 2.45) is 5.92 Å². The summed E-state index contributed by atoms with van der Waals surface area (Å²) in [5.41, 5.74) is 1.39. The molecule has 5 aliphatic rings. The van der Waals surface area contributed by atoms with E-state index in [1.807, 2.05) is 0 Å². The van der Waals surface area contributed by atoms with E-state index in [1.54, 1.807) is 6.92 Å². The minimum Gasteiger partial charge on any atom is -0.389 e. The van der Waals surface area contributed by atoms with Crippen molar-refractivity contribution < 1.29 is 15.0 Å².